The lowest BCUT2D eigenvalue weighted by molar-refractivity contribution is -0.141. The molecule has 0 aliphatic heterocycles. The topological polar surface area (TPSA) is 192 Å². The van der Waals surface area contributed by atoms with Gasteiger partial charge in [0.2, 0.25) is 17.7 Å². The number of anilines is 1. The second-order valence-electron chi connectivity index (χ2n) is 10.4. The molecule has 0 fully saturated rings. The van der Waals surface area contributed by atoms with Crippen molar-refractivity contribution in [1.82, 2.24) is 10.6 Å². The molecule has 2 aromatic rings. The number of carbonyl (C=O) groups is 5. The zero-order valence-corrected chi connectivity index (χ0v) is 25.5. The molecule has 0 radical (unpaired) electrons. The quantitative estimate of drug-likeness (QED) is 0.131. The van der Waals surface area contributed by atoms with Gasteiger partial charge in [-0.3, -0.25) is 24.0 Å². The van der Waals surface area contributed by atoms with Gasteiger partial charge in [-0.2, -0.15) is 0 Å². The van der Waals surface area contributed by atoms with Crippen LogP contribution < -0.4 is 27.4 Å². The van der Waals surface area contributed by atoms with Gasteiger partial charge in [-0.25, -0.2) is 0 Å². The Hall–Kier alpha value is -4.55. The van der Waals surface area contributed by atoms with Crippen molar-refractivity contribution in [3.8, 4) is 0 Å². The van der Waals surface area contributed by atoms with Gasteiger partial charge in [-0.15, -0.1) is 0 Å². The van der Waals surface area contributed by atoms with Crippen LogP contribution in [-0.4, -0.2) is 67.5 Å². The Bertz CT molecular complexity index is 1260. The van der Waals surface area contributed by atoms with Crippen molar-refractivity contribution >= 4 is 41.4 Å². The first-order valence-electron chi connectivity index (χ1n) is 14.5. The number of benzene rings is 2. The molecule has 0 saturated carbocycles. The van der Waals surface area contributed by atoms with Gasteiger partial charge in [0.1, 0.15) is 25.3 Å². The Morgan fingerprint density at radius 3 is 1.93 bits per heavy atom. The number of nitrogens with one attached hydrogen (secondary N) is 3. The molecule has 0 saturated heterocycles. The monoisotopic (exact) mass is 609 g/mol. The van der Waals surface area contributed by atoms with Crippen LogP contribution in [0.5, 0.6) is 0 Å². The third kappa shape index (κ3) is 13.6. The van der Waals surface area contributed by atoms with Crippen molar-refractivity contribution in [2.75, 3.05) is 25.1 Å². The number of hydrogen-bond acceptors (Lipinski definition) is 9. The number of amides is 3. The Kier molecular flexibility index (Phi) is 15.3. The third-order valence-corrected chi connectivity index (χ3v) is 6.38. The highest BCUT2D eigenvalue weighted by Crippen LogP contribution is 2.15. The van der Waals surface area contributed by atoms with Crippen LogP contribution in [0.25, 0.3) is 6.08 Å². The van der Waals surface area contributed by atoms with Crippen LogP contribution in [0.15, 0.2) is 60.2 Å². The lowest BCUT2D eigenvalue weighted by Crippen LogP contribution is -2.55. The number of unbranched alkanes of at least 4 members (excludes halogenated alkanes) is 1. The van der Waals surface area contributed by atoms with E-state index < -0.39 is 47.8 Å². The molecule has 0 aliphatic carbocycles. The van der Waals surface area contributed by atoms with Gasteiger partial charge >= 0.3 is 11.9 Å². The fourth-order valence-electron chi connectivity index (χ4n) is 4.04. The first-order chi connectivity index (χ1) is 21.0. The molecule has 2 aromatic carbocycles. The maximum Gasteiger partial charge on any atom is 0.302 e. The van der Waals surface area contributed by atoms with Gasteiger partial charge in [0.15, 0.2) is 0 Å². The first kappa shape index (κ1) is 35.6. The normalized spacial score (nSPS) is 12.6. The molecule has 44 heavy (non-hydrogen) atoms. The Morgan fingerprint density at radius 2 is 1.39 bits per heavy atom. The molecule has 3 amide bonds. The minimum atomic E-state index is -0.945. The highest BCUT2D eigenvalue weighted by atomic mass is 16.5. The van der Waals surface area contributed by atoms with E-state index in [2.05, 4.69) is 16.0 Å². The lowest BCUT2D eigenvalue weighted by atomic mass is 10.0. The van der Waals surface area contributed by atoms with Gasteiger partial charge in [-0.05, 0) is 62.1 Å². The molecular weight excluding hydrogens is 566 g/mol. The highest BCUT2D eigenvalue weighted by Gasteiger charge is 2.27. The number of ether oxygens (including phenoxy) is 2. The van der Waals surface area contributed by atoms with Crippen LogP contribution in [0, 0.1) is 0 Å². The SMILES string of the molecule is CC(=O)OCC(=Cc1ccc(NC(=O)[C@@H](CCCCN)NC(=O)[C@H](Cc2ccccc2)NC(=O)[C@@H](C)N)cc1)COC(C)=O. The zero-order chi connectivity index (χ0) is 32.5. The van der Waals surface area contributed by atoms with Gasteiger partial charge in [0, 0.05) is 31.5 Å². The summed E-state index contributed by atoms with van der Waals surface area (Å²) in [4.78, 5) is 61.6. The molecule has 12 heteroatoms. The van der Waals surface area contributed by atoms with Crippen molar-refractivity contribution in [2.24, 2.45) is 11.5 Å². The van der Waals surface area contributed by atoms with E-state index in [4.69, 9.17) is 20.9 Å². The number of nitrogens with two attached hydrogens (primary N) is 2. The Balaban J connectivity index is 2.18. The zero-order valence-electron chi connectivity index (χ0n) is 25.5. The van der Waals surface area contributed by atoms with E-state index in [1.807, 2.05) is 30.3 Å². The molecule has 3 atom stereocenters. The molecule has 0 spiro atoms. The third-order valence-electron chi connectivity index (χ3n) is 6.38. The molecule has 0 aliphatic rings. The summed E-state index contributed by atoms with van der Waals surface area (Å²) in [5, 5.41) is 8.33. The summed E-state index contributed by atoms with van der Waals surface area (Å²) in [6.07, 6.45) is 3.54. The Morgan fingerprint density at radius 1 is 0.795 bits per heavy atom. The fourth-order valence-corrected chi connectivity index (χ4v) is 4.04. The maximum absolute atomic E-state index is 13.4. The second kappa shape index (κ2) is 18.9. The second-order valence-corrected chi connectivity index (χ2v) is 10.4. The first-order valence-corrected chi connectivity index (χ1v) is 14.5. The van der Waals surface area contributed by atoms with Crippen molar-refractivity contribution in [2.45, 2.75) is 64.6 Å². The van der Waals surface area contributed by atoms with Crippen molar-refractivity contribution in [1.29, 1.82) is 0 Å². The number of hydrogen-bond donors (Lipinski definition) is 5. The molecular formula is C32H43N5O7. The van der Waals surface area contributed by atoms with E-state index in [0.29, 0.717) is 37.1 Å². The van der Waals surface area contributed by atoms with Crippen LogP contribution >= 0.6 is 0 Å². The summed E-state index contributed by atoms with van der Waals surface area (Å²) in [7, 11) is 0. The standard InChI is InChI=1S/C32H43N5O7/c1-21(34)30(40)37-29(18-24-9-5-4-6-10-24)32(42)36-28(11-7-8-16-33)31(41)35-27-14-12-25(13-15-27)17-26(19-43-22(2)38)20-44-23(3)39/h4-6,9-10,12-15,17,21,28-29H,7-8,11,16,18-20,33-34H2,1-3H3,(H,35,41)(H,36,42)(H,37,40)/t21-,28-,29+/m1/s1. The number of rotatable bonds is 17. The van der Waals surface area contributed by atoms with E-state index in [1.165, 1.54) is 20.8 Å². The average Bonchev–Trinajstić information content (AvgIpc) is 2.98. The highest BCUT2D eigenvalue weighted by molar-refractivity contribution is 5.98. The van der Waals surface area contributed by atoms with Crippen molar-refractivity contribution < 1.29 is 33.4 Å². The van der Waals surface area contributed by atoms with E-state index in [9.17, 15) is 24.0 Å². The number of esters is 2. The predicted octanol–water partition coefficient (Wildman–Crippen LogP) is 1.82. The molecule has 0 heterocycles. The van der Waals surface area contributed by atoms with Crippen LogP contribution in [0.3, 0.4) is 0 Å². The minimum Gasteiger partial charge on any atom is -0.461 e. The van der Waals surface area contributed by atoms with Crippen LogP contribution in [0.4, 0.5) is 5.69 Å². The predicted molar refractivity (Wildman–Crippen MR) is 167 cm³/mol. The van der Waals surface area contributed by atoms with E-state index in [-0.39, 0.29) is 19.6 Å². The summed E-state index contributed by atoms with van der Waals surface area (Å²) in [6, 6.07) is 13.4. The largest absolute Gasteiger partial charge is 0.461 e. The van der Waals surface area contributed by atoms with E-state index >= 15 is 0 Å². The molecule has 238 valence electrons. The molecule has 0 aromatic heterocycles. The minimum absolute atomic E-state index is 0.0405. The van der Waals surface area contributed by atoms with Crippen molar-refractivity contribution in [3.05, 3.63) is 71.3 Å². The van der Waals surface area contributed by atoms with Gasteiger partial charge in [0.05, 0.1) is 6.04 Å². The van der Waals surface area contributed by atoms with E-state index in [1.54, 1.807) is 30.3 Å². The van der Waals surface area contributed by atoms with Crippen LogP contribution in [-0.2, 0) is 39.9 Å². The summed E-state index contributed by atoms with van der Waals surface area (Å²) >= 11 is 0. The molecule has 7 N–H and O–H groups in total. The van der Waals surface area contributed by atoms with Crippen molar-refractivity contribution in [3.63, 3.8) is 0 Å². The van der Waals surface area contributed by atoms with Crippen LogP contribution in [0.1, 0.15) is 51.2 Å². The molecule has 0 unspecified atom stereocenters. The maximum atomic E-state index is 13.4. The fraction of sp³-hybridized carbons (Fsp3) is 0.406. The average molecular weight is 610 g/mol. The summed E-state index contributed by atoms with van der Waals surface area (Å²) in [6.45, 7) is 4.45. The summed E-state index contributed by atoms with van der Waals surface area (Å²) in [5.41, 5.74) is 14.0. The Labute approximate surface area is 257 Å². The lowest BCUT2D eigenvalue weighted by Gasteiger charge is -2.24. The van der Waals surface area contributed by atoms with Crippen LogP contribution in [0.2, 0.25) is 0 Å². The van der Waals surface area contributed by atoms with Gasteiger partial charge in [0.25, 0.3) is 0 Å². The van der Waals surface area contributed by atoms with Gasteiger partial charge in [-0.1, -0.05) is 42.5 Å². The summed E-state index contributed by atoms with van der Waals surface area (Å²) < 4.78 is 10.1. The smallest absolute Gasteiger partial charge is 0.302 e. The molecule has 0 bridgehead atoms. The summed E-state index contributed by atoms with van der Waals surface area (Å²) in [5.74, 6) is -2.35. The number of carbonyl (C=O) groups excluding carboxylic acids is 5. The van der Waals surface area contributed by atoms with E-state index in [0.717, 1.165) is 11.1 Å². The molecule has 2 rings (SSSR count). The van der Waals surface area contributed by atoms with Gasteiger partial charge < -0.3 is 36.9 Å². The molecule has 12 nitrogen and oxygen atoms in total.